The van der Waals surface area contributed by atoms with Gasteiger partial charge in [0.05, 0.1) is 6.54 Å². The number of para-hydroxylation sites is 1. The second kappa shape index (κ2) is 7.84. The first-order valence-electron chi connectivity index (χ1n) is 6.51. The minimum absolute atomic E-state index is 0.0403. The molecule has 1 atom stereocenters. The van der Waals surface area contributed by atoms with Gasteiger partial charge in [0.1, 0.15) is 17.3 Å². The third-order valence-corrected chi connectivity index (χ3v) is 2.83. The van der Waals surface area contributed by atoms with Gasteiger partial charge in [-0.2, -0.15) is 0 Å². The van der Waals surface area contributed by atoms with E-state index in [0.717, 1.165) is 31.4 Å². The van der Waals surface area contributed by atoms with Crippen molar-refractivity contribution in [1.29, 1.82) is 0 Å². The van der Waals surface area contributed by atoms with E-state index >= 15 is 0 Å². The average molecular weight is 270 g/mol. The van der Waals surface area contributed by atoms with Gasteiger partial charge in [-0.1, -0.05) is 25.8 Å². The quantitative estimate of drug-likeness (QED) is 0.799. The molecule has 0 aliphatic rings. The number of halogens is 2. The van der Waals surface area contributed by atoms with Crippen LogP contribution in [0.15, 0.2) is 18.2 Å². The third kappa shape index (κ3) is 5.34. The molecule has 1 amide bonds. The van der Waals surface area contributed by atoms with Gasteiger partial charge in [0.2, 0.25) is 5.91 Å². The molecule has 0 saturated carbocycles. The number of hydrogen-bond donors (Lipinski definition) is 2. The van der Waals surface area contributed by atoms with Gasteiger partial charge < -0.3 is 10.6 Å². The lowest BCUT2D eigenvalue weighted by Crippen LogP contribution is -2.34. The van der Waals surface area contributed by atoms with Crippen LogP contribution in [0.1, 0.15) is 33.1 Å². The highest BCUT2D eigenvalue weighted by atomic mass is 19.1. The summed E-state index contributed by atoms with van der Waals surface area (Å²) in [6.07, 6.45) is 3.15. The van der Waals surface area contributed by atoms with Crippen LogP contribution in [0, 0.1) is 11.6 Å². The van der Waals surface area contributed by atoms with Gasteiger partial charge in [-0.15, -0.1) is 0 Å². The van der Waals surface area contributed by atoms with Crippen molar-refractivity contribution in [2.24, 2.45) is 0 Å². The van der Waals surface area contributed by atoms with E-state index < -0.39 is 23.2 Å². The van der Waals surface area contributed by atoms with Gasteiger partial charge >= 0.3 is 0 Å². The molecule has 0 fully saturated rings. The zero-order valence-corrected chi connectivity index (χ0v) is 11.3. The van der Waals surface area contributed by atoms with Gasteiger partial charge in [0, 0.05) is 6.04 Å². The summed E-state index contributed by atoms with van der Waals surface area (Å²) in [7, 11) is 0. The fourth-order valence-electron chi connectivity index (χ4n) is 1.68. The first-order chi connectivity index (χ1) is 9.04. The fourth-order valence-corrected chi connectivity index (χ4v) is 1.68. The van der Waals surface area contributed by atoms with Gasteiger partial charge in [-0.25, -0.2) is 8.78 Å². The van der Waals surface area contributed by atoms with E-state index in [4.69, 9.17) is 0 Å². The summed E-state index contributed by atoms with van der Waals surface area (Å²) in [5.74, 6) is -1.99. The summed E-state index contributed by atoms with van der Waals surface area (Å²) in [5.41, 5.74) is -0.393. The predicted molar refractivity (Wildman–Crippen MR) is 72.0 cm³/mol. The first kappa shape index (κ1) is 15.6. The zero-order chi connectivity index (χ0) is 14.3. The number of hydrogen-bond acceptors (Lipinski definition) is 2. The number of rotatable bonds is 7. The molecule has 19 heavy (non-hydrogen) atoms. The van der Waals surface area contributed by atoms with Crippen molar-refractivity contribution in [3.63, 3.8) is 0 Å². The van der Waals surface area contributed by atoms with Crippen LogP contribution in [0.2, 0.25) is 0 Å². The topological polar surface area (TPSA) is 41.1 Å². The molecule has 1 unspecified atom stereocenters. The molecule has 1 aromatic carbocycles. The SMILES string of the molecule is CCCCC(C)NCC(=O)Nc1c(F)cccc1F. The predicted octanol–water partition coefficient (Wildman–Crippen LogP) is 3.07. The number of carbonyl (C=O) groups is 1. The highest BCUT2D eigenvalue weighted by Crippen LogP contribution is 2.17. The van der Waals surface area contributed by atoms with Gasteiger partial charge in [0.15, 0.2) is 0 Å². The van der Waals surface area contributed by atoms with Crippen LogP contribution in [0.25, 0.3) is 0 Å². The summed E-state index contributed by atoms with van der Waals surface area (Å²) < 4.78 is 26.6. The molecule has 1 rings (SSSR count). The van der Waals surface area contributed by atoms with Crippen LogP contribution < -0.4 is 10.6 Å². The smallest absolute Gasteiger partial charge is 0.238 e. The molecule has 0 heterocycles. The molecule has 0 aliphatic carbocycles. The van der Waals surface area contributed by atoms with E-state index in [1.54, 1.807) is 0 Å². The van der Waals surface area contributed by atoms with Gasteiger partial charge in [-0.3, -0.25) is 4.79 Å². The maximum Gasteiger partial charge on any atom is 0.238 e. The number of carbonyl (C=O) groups excluding carboxylic acids is 1. The second-order valence-electron chi connectivity index (χ2n) is 4.57. The van der Waals surface area contributed by atoms with Crippen molar-refractivity contribution in [3.8, 4) is 0 Å². The summed E-state index contributed by atoms with van der Waals surface area (Å²) in [6.45, 7) is 4.12. The maximum absolute atomic E-state index is 13.3. The Morgan fingerprint density at radius 3 is 2.53 bits per heavy atom. The largest absolute Gasteiger partial charge is 0.320 e. The normalized spacial score (nSPS) is 12.2. The van der Waals surface area contributed by atoms with E-state index in [1.807, 2.05) is 6.92 Å². The van der Waals surface area contributed by atoms with E-state index in [9.17, 15) is 13.6 Å². The van der Waals surface area contributed by atoms with Gasteiger partial charge in [-0.05, 0) is 25.5 Å². The van der Waals surface area contributed by atoms with E-state index in [1.165, 1.54) is 6.07 Å². The molecule has 3 nitrogen and oxygen atoms in total. The molecule has 0 radical (unpaired) electrons. The summed E-state index contributed by atoms with van der Waals surface area (Å²) in [4.78, 5) is 11.6. The van der Waals surface area contributed by atoms with Crippen molar-refractivity contribution in [2.45, 2.75) is 39.2 Å². The number of unbranched alkanes of at least 4 members (excludes halogenated alkanes) is 1. The fraction of sp³-hybridized carbons (Fsp3) is 0.500. The van der Waals surface area contributed by atoms with Crippen LogP contribution in [-0.4, -0.2) is 18.5 Å². The zero-order valence-electron chi connectivity index (χ0n) is 11.3. The minimum Gasteiger partial charge on any atom is -0.320 e. The molecule has 1 aromatic rings. The molecule has 2 N–H and O–H groups in total. The second-order valence-corrected chi connectivity index (χ2v) is 4.57. The van der Waals surface area contributed by atoms with Crippen molar-refractivity contribution < 1.29 is 13.6 Å². The summed E-state index contributed by atoms with van der Waals surface area (Å²) in [6, 6.07) is 3.67. The Bertz CT molecular complexity index is 404. The molecule has 0 saturated heterocycles. The molecule has 106 valence electrons. The lowest BCUT2D eigenvalue weighted by Gasteiger charge is -2.13. The lowest BCUT2D eigenvalue weighted by molar-refractivity contribution is -0.115. The Morgan fingerprint density at radius 2 is 1.95 bits per heavy atom. The standard InChI is InChI=1S/C14H20F2N2O/c1-3-4-6-10(2)17-9-13(19)18-14-11(15)7-5-8-12(14)16/h5,7-8,10,17H,3-4,6,9H2,1-2H3,(H,18,19). The third-order valence-electron chi connectivity index (χ3n) is 2.83. The Kier molecular flexibility index (Phi) is 6.42. The Balaban J connectivity index is 2.43. The highest BCUT2D eigenvalue weighted by molar-refractivity contribution is 5.92. The Hall–Kier alpha value is -1.49. The van der Waals surface area contributed by atoms with Crippen molar-refractivity contribution in [1.82, 2.24) is 5.32 Å². The number of anilines is 1. The first-order valence-corrected chi connectivity index (χ1v) is 6.51. The van der Waals surface area contributed by atoms with Crippen LogP contribution in [0.4, 0.5) is 14.5 Å². The van der Waals surface area contributed by atoms with Crippen LogP contribution in [0.3, 0.4) is 0 Å². The number of nitrogens with one attached hydrogen (secondary N) is 2. The Morgan fingerprint density at radius 1 is 1.32 bits per heavy atom. The molecule has 0 aromatic heterocycles. The van der Waals surface area contributed by atoms with Gasteiger partial charge in [0.25, 0.3) is 0 Å². The summed E-state index contributed by atoms with van der Waals surface area (Å²) in [5, 5.41) is 5.26. The molecule has 0 spiro atoms. The molecule has 5 heteroatoms. The minimum atomic E-state index is -0.771. The maximum atomic E-state index is 13.3. The monoisotopic (exact) mass is 270 g/mol. The van der Waals surface area contributed by atoms with E-state index in [-0.39, 0.29) is 12.6 Å². The molecular formula is C14H20F2N2O. The van der Waals surface area contributed by atoms with Crippen LogP contribution in [-0.2, 0) is 4.79 Å². The van der Waals surface area contributed by atoms with Crippen LogP contribution in [0.5, 0.6) is 0 Å². The van der Waals surface area contributed by atoms with Crippen LogP contribution >= 0.6 is 0 Å². The van der Waals surface area contributed by atoms with Crippen molar-refractivity contribution >= 4 is 11.6 Å². The highest BCUT2D eigenvalue weighted by Gasteiger charge is 2.12. The lowest BCUT2D eigenvalue weighted by atomic mass is 10.1. The summed E-state index contributed by atoms with van der Waals surface area (Å²) >= 11 is 0. The van der Waals surface area contributed by atoms with E-state index in [0.29, 0.717) is 0 Å². The van der Waals surface area contributed by atoms with Crippen molar-refractivity contribution in [2.75, 3.05) is 11.9 Å². The molecule has 0 bridgehead atoms. The molecule has 0 aliphatic heterocycles. The molecular weight excluding hydrogens is 250 g/mol. The van der Waals surface area contributed by atoms with E-state index in [2.05, 4.69) is 17.6 Å². The number of amides is 1. The van der Waals surface area contributed by atoms with Crippen molar-refractivity contribution in [3.05, 3.63) is 29.8 Å². The Labute approximate surface area is 112 Å². The number of benzene rings is 1. The average Bonchev–Trinajstić information content (AvgIpc) is 2.38.